The molecule has 4 nitrogen and oxygen atoms in total. The molecule has 1 aromatic carbocycles. The second-order valence-corrected chi connectivity index (χ2v) is 5.07. The van der Waals surface area contributed by atoms with Gasteiger partial charge in [-0.2, -0.15) is 0 Å². The van der Waals surface area contributed by atoms with Crippen molar-refractivity contribution in [3.63, 3.8) is 0 Å². The van der Waals surface area contributed by atoms with Gasteiger partial charge in [0.15, 0.2) is 0 Å². The Morgan fingerprint density at radius 3 is 2.65 bits per heavy atom. The molecule has 5 heteroatoms. The van der Waals surface area contributed by atoms with Crippen LogP contribution >= 0.6 is 0 Å². The van der Waals surface area contributed by atoms with Gasteiger partial charge in [-0.1, -0.05) is 6.07 Å². The van der Waals surface area contributed by atoms with Crippen molar-refractivity contribution in [3.05, 3.63) is 77.0 Å². The number of rotatable bonds is 4. The molecule has 0 amide bonds. The van der Waals surface area contributed by atoms with Crippen molar-refractivity contribution in [1.29, 1.82) is 0 Å². The summed E-state index contributed by atoms with van der Waals surface area (Å²) in [4.78, 5) is 16.4. The minimum absolute atomic E-state index is 0.130. The van der Waals surface area contributed by atoms with E-state index < -0.39 is 6.86 Å². The topological polar surface area (TPSA) is 44.1 Å². The highest BCUT2D eigenvalue weighted by Crippen LogP contribution is 2.22. The van der Waals surface area contributed by atoms with Gasteiger partial charge in [0, 0.05) is 41.5 Å². The Kier molecular flexibility index (Phi) is 4.19. The number of halogens is 1. The SMILES string of the molecule is Cc1cc(=O)n(-c2ccc(OCF)cc2)cc1-c1cccnc1. The first-order valence-corrected chi connectivity index (χ1v) is 7.12. The van der Waals surface area contributed by atoms with Crippen LogP contribution < -0.4 is 10.3 Å². The fourth-order valence-corrected chi connectivity index (χ4v) is 2.42. The Labute approximate surface area is 132 Å². The average Bonchev–Trinajstić information content (AvgIpc) is 2.57. The maximum Gasteiger partial charge on any atom is 0.255 e. The maximum atomic E-state index is 12.3. The summed E-state index contributed by atoms with van der Waals surface area (Å²) in [5, 5.41) is 0. The van der Waals surface area contributed by atoms with E-state index in [0.29, 0.717) is 11.4 Å². The van der Waals surface area contributed by atoms with Crippen LogP contribution in [0.3, 0.4) is 0 Å². The number of aromatic nitrogens is 2. The predicted octanol–water partition coefficient (Wildman–Crippen LogP) is 3.51. The first-order chi connectivity index (χ1) is 11.2. The minimum atomic E-state index is -0.880. The quantitative estimate of drug-likeness (QED) is 0.740. The van der Waals surface area contributed by atoms with Crippen molar-refractivity contribution < 1.29 is 9.13 Å². The molecule has 0 fully saturated rings. The number of nitrogens with zero attached hydrogens (tertiary/aromatic N) is 2. The van der Waals surface area contributed by atoms with Gasteiger partial charge in [-0.15, -0.1) is 0 Å². The predicted molar refractivity (Wildman–Crippen MR) is 86.6 cm³/mol. The van der Waals surface area contributed by atoms with Crippen molar-refractivity contribution in [1.82, 2.24) is 9.55 Å². The van der Waals surface area contributed by atoms with Crippen LogP contribution in [-0.2, 0) is 0 Å². The van der Waals surface area contributed by atoms with Crippen LogP contribution in [0.5, 0.6) is 5.75 Å². The fourth-order valence-electron chi connectivity index (χ4n) is 2.42. The van der Waals surface area contributed by atoms with E-state index in [1.54, 1.807) is 53.5 Å². The van der Waals surface area contributed by atoms with Gasteiger partial charge in [-0.3, -0.25) is 14.3 Å². The third kappa shape index (κ3) is 3.13. The van der Waals surface area contributed by atoms with Crippen LogP contribution in [0.1, 0.15) is 5.56 Å². The van der Waals surface area contributed by atoms with E-state index in [0.717, 1.165) is 16.7 Å². The zero-order chi connectivity index (χ0) is 16.2. The van der Waals surface area contributed by atoms with E-state index in [1.807, 2.05) is 19.1 Å². The molecule has 0 aliphatic carbocycles. The van der Waals surface area contributed by atoms with Gasteiger partial charge in [0.05, 0.1) is 0 Å². The van der Waals surface area contributed by atoms with Crippen molar-refractivity contribution in [2.24, 2.45) is 0 Å². The molecule has 2 heterocycles. The average molecular weight is 310 g/mol. The summed E-state index contributed by atoms with van der Waals surface area (Å²) in [6, 6.07) is 12.1. The van der Waals surface area contributed by atoms with E-state index in [1.165, 1.54) is 0 Å². The molecule has 0 unspecified atom stereocenters. The van der Waals surface area contributed by atoms with Gasteiger partial charge in [-0.05, 0) is 42.8 Å². The highest BCUT2D eigenvalue weighted by molar-refractivity contribution is 5.65. The van der Waals surface area contributed by atoms with Crippen LogP contribution in [-0.4, -0.2) is 16.4 Å². The van der Waals surface area contributed by atoms with Gasteiger partial charge in [0.25, 0.3) is 5.56 Å². The van der Waals surface area contributed by atoms with E-state index in [4.69, 9.17) is 4.74 Å². The Hall–Kier alpha value is -2.95. The second-order valence-electron chi connectivity index (χ2n) is 5.07. The van der Waals surface area contributed by atoms with Gasteiger partial charge < -0.3 is 4.74 Å². The summed E-state index contributed by atoms with van der Waals surface area (Å²) in [5.74, 6) is 0.420. The number of hydrogen-bond acceptors (Lipinski definition) is 3. The second kappa shape index (κ2) is 6.44. The van der Waals surface area contributed by atoms with Crippen LogP contribution in [0, 0.1) is 6.92 Å². The smallest absolute Gasteiger partial charge is 0.255 e. The van der Waals surface area contributed by atoms with Gasteiger partial charge in [-0.25, -0.2) is 4.39 Å². The minimum Gasteiger partial charge on any atom is -0.463 e. The van der Waals surface area contributed by atoms with Crippen LogP contribution in [0.15, 0.2) is 65.8 Å². The van der Waals surface area contributed by atoms with Gasteiger partial charge >= 0.3 is 0 Å². The Bertz CT molecular complexity index is 858. The first kappa shape index (κ1) is 15.0. The van der Waals surface area contributed by atoms with Gasteiger partial charge in [0.2, 0.25) is 6.86 Å². The summed E-state index contributed by atoms with van der Waals surface area (Å²) in [5.41, 5.74) is 3.31. The molecule has 0 radical (unpaired) electrons. The molecule has 0 bridgehead atoms. The number of pyridine rings is 2. The van der Waals surface area contributed by atoms with E-state index in [2.05, 4.69) is 4.98 Å². The lowest BCUT2D eigenvalue weighted by Crippen LogP contribution is -2.17. The Morgan fingerprint density at radius 2 is 2.00 bits per heavy atom. The van der Waals surface area contributed by atoms with Crippen LogP contribution in [0.2, 0.25) is 0 Å². The third-order valence-corrected chi connectivity index (χ3v) is 3.57. The molecule has 116 valence electrons. The number of aryl methyl sites for hydroxylation is 1. The van der Waals surface area contributed by atoms with Crippen LogP contribution in [0.25, 0.3) is 16.8 Å². The molecule has 0 N–H and O–H groups in total. The third-order valence-electron chi connectivity index (χ3n) is 3.57. The molecule has 0 aliphatic rings. The molecular weight excluding hydrogens is 295 g/mol. The zero-order valence-corrected chi connectivity index (χ0v) is 12.6. The molecule has 0 spiro atoms. The van der Waals surface area contributed by atoms with Crippen LogP contribution in [0.4, 0.5) is 4.39 Å². The number of hydrogen-bond donors (Lipinski definition) is 0. The molecule has 0 saturated carbocycles. The highest BCUT2D eigenvalue weighted by atomic mass is 19.1. The van der Waals surface area contributed by atoms with E-state index >= 15 is 0 Å². The largest absolute Gasteiger partial charge is 0.463 e. The number of benzene rings is 1. The normalized spacial score (nSPS) is 10.5. The summed E-state index contributed by atoms with van der Waals surface area (Å²) < 4.78 is 18.5. The molecular formula is C18H15FN2O2. The fraction of sp³-hybridized carbons (Fsp3) is 0.111. The molecule has 2 aromatic heterocycles. The standard InChI is InChI=1S/C18H15FN2O2/c1-13-9-18(22)21(11-17(13)14-3-2-8-20-10-14)15-4-6-16(7-5-15)23-12-19/h2-11H,12H2,1H3. The molecule has 0 atom stereocenters. The lowest BCUT2D eigenvalue weighted by Gasteiger charge is -2.12. The number of alkyl halides is 1. The molecule has 3 rings (SSSR count). The molecule has 0 saturated heterocycles. The maximum absolute atomic E-state index is 12.3. The van der Waals surface area contributed by atoms with E-state index in [9.17, 15) is 9.18 Å². The van der Waals surface area contributed by atoms with E-state index in [-0.39, 0.29) is 5.56 Å². The zero-order valence-electron chi connectivity index (χ0n) is 12.6. The summed E-state index contributed by atoms with van der Waals surface area (Å²) in [6.45, 7) is 1.02. The highest BCUT2D eigenvalue weighted by Gasteiger charge is 2.08. The van der Waals surface area contributed by atoms with Gasteiger partial charge in [0.1, 0.15) is 5.75 Å². The molecule has 3 aromatic rings. The monoisotopic (exact) mass is 310 g/mol. The lowest BCUT2D eigenvalue weighted by molar-refractivity contribution is 0.192. The Morgan fingerprint density at radius 1 is 1.22 bits per heavy atom. The number of ether oxygens (including phenoxy) is 1. The molecule has 23 heavy (non-hydrogen) atoms. The molecule has 0 aliphatic heterocycles. The summed E-state index contributed by atoms with van der Waals surface area (Å²) in [6.07, 6.45) is 5.26. The van der Waals surface area contributed by atoms with Crippen molar-refractivity contribution in [2.75, 3.05) is 6.86 Å². The summed E-state index contributed by atoms with van der Waals surface area (Å²) >= 11 is 0. The Balaban J connectivity index is 2.07. The summed E-state index contributed by atoms with van der Waals surface area (Å²) in [7, 11) is 0. The van der Waals surface area contributed by atoms with Crippen molar-refractivity contribution in [2.45, 2.75) is 6.92 Å². The van der Waals surface area contributed by atoms with Crippen molar-refractivity contribution >= 4 is 0 Å². The first-order valence-electron chi connectivity index (χ1n) is 7.12. The van der Waals surface area contributed by atoms with Crippen molar-refractivity contribution in [3.8, 4) is 22.6 Å². The lowest BCUT2D eigenvalue weighted by atomic mass is 10.0.